The fraction of sp³-hybridized carbons (Fsp3) is 0.647. The molecule has 0 radical (unpaired) electrons. The second-order valence-electron chi connectivity index (χ2n) is 6.24. The van der Waals surface area contributed by atoms with Gasteiger partial charge in [0.25, 0.3) is 0 Å². The number of hydrogen-bond acceptors (Lipinski definition) is 3. The average Bonchev–Trinajstić information content (AvgIpc) is 2.41. The third-order valence-electron chi connectivity index (χ3n) is 4.62. The summed E-state index contributed by atoms with van der Waals surface area (Å²) in [5.41, 5.74) is 1.86. The predicted octanol–water partition coefficient (Wildman–Crippen LogP) is 3.39. The van der Waals surface area contributed by atoms with E-state index in [9.17, 15) is 8.42 Å². The largest absolute Gasteiger partial charge is 0.316 e. The van der Waals surface area contributed by atoms with Crippen molar-refractivity contribution in [3.8, 4) is 0 Å². The van der Waals surface area contributed by atoms with Crippen molar-refractivity contribution in [2.24, 2.45) is 0 Å². The first-order valence-electron chi connectivity index (χ1n) is 7.95. The minimum absolute atomic E-state index is 0.0650. The van der Waals surface area contributed by atoms with Gasteiger partial charge in [-0.25, -0.2) is 8.42 Å². The summed E-state index contributed by atoms with van der Waals surface area (Å²) in [5, 5.41) is 2.95. The van der Waals surface area contributed by atoms with Gasteiger partial charge in [-0.3, -0.25) is 0 Å². The van der Waals surface area contributed by atoms with Crippen LogP contribution < -0.4 is 5.32 Å². The van der Waals surface area contributed by atoms with Crippen LogP contribution in [0.3, 0.4) is 0 Å². The Morgan fingerprint density at radius 3 is 2.38 bits per heavy atom. The van der Waals surface area contributed by atoms with Crippen LogP contribution in [0.1, 0.15) is 49.7 Å². The van der Waals surface area contributed by atoms with Gasteiger partial charge in [-0.2, -0.15) is 0 Å². The normalized spacial score (nSPS) is 24.3. The molecule has 0 saturated heterocycles. The summed E-state index contributed by atoms with van der Waals surface area (Å²) < 4.78 is 26.3. The standard InChI is InChI=1S/C17H27NO2S/c1-13-10-11-14(2)17(12-13)21(19,20)16-9-7-5-4-6-8-15(16)18-3/h10-12,15-16,18H,4-9H2,1-3H3. The van der Waals surface area contributed by atoms with Gasteiger partial charge in [-0.05, 0) is 50.9 Å². The molecular formula is C17H27NO2S. The van der Waals surface area contributed by atoms with E-state index in [-0.39, 0.29) is 11.3 Å². The predicted molar refractivity (Wildman–Crippen MR) is 87.4 cm³/mol. The fourth-order valence-corrected chi connectivity index (χ4v) is 5.70. The minimum atomic E-state index is -3.28. The summed E-state index contributed by atoms with van der Waals surface area (Å²) in [4.78, 5) is 0.522. The van der Waals surface area contributed by atoms with Crippen molar-refractivity contribution in [2.75, 3.05) is 7.05 Å². The summed E-state index contributed by atoms with van der Waals surface area (Å²) in [7, 11) is -1.39. The minimum Gasteiger partial charge on any atom is -0.316 e. The van der Waals surface area contributed by atoms with Gasteiger partial charge < -0.3 is 5.32 Å². The molecule has 2 unspecified atom stereocenters. The van der Waals surface area contributed by atoms with Crippen LogP contribution in [0.5, 0.6) is 0 Å². The molecule has 1 aromatic rings. The summed E-state index contributed by atoms with van der Waals surface area (Å²) in [6.07, 6.45) is 6.20. The third-order valence-corrected chi connectivity index (χ3v) is 7.04. The molecule has 0 aliphatic heterocycles. The Morgan fingerprint density at radius 1 is 1.05 bits per heavy atom. The van der Waals surface area contributed by atoms with Gasteiger partial charge in [0.2, 0.25) is 0 Å². The van der Waals surface area contributed by atoms with Crippen molar-refractivity contribution in [3.63, 3.8) is 0 Å². The van der Waals surface area contributed by atoms with E-state index in [4.69, 9.17) is 0 Å². The number of hydrogen-bond donors (Lipinski definition) is 1. The van der Waals surface area contributed by atoms with Crippen molar-refractivity contribution in [1.82, 2.24) is 5.32 Å². The Morgan fingerprint density at radius 2 is 1.71 bits per heavy atom. The van der Waals surface area contributed by atoms with Crippen LogP contribution in [-0.2, 0) is 9.84 Å². The first-order chi connectivity index (χ1) is 9.96. The zero-order chi connectivity index (χ0) is 15.5. The van der Waals surface area contributed by atoms with Crippen molar-refractivity contribution >= 4 is 9.84 Å². The van der Waals surface area contributed by atoms with Crippen molar-refractivity contribution in [1.29, 1.82) is 0 Å². The zero-order valence-corrected chi connectivity index (χ0v) is 14.2. The Bertz CT molecular complexity index is 580. The average molecular weight is 309 g/mol. The maximum absolute atomic E-state index is 13.2. The first kappa shape index (κ1) is 16.5. The van der Waals surface area contributed by atoms with E-state index in [1.54, 1.807) is 0 Å². The highest BCUT2D eigenvalue weighted by molar-refractivity contribution is 7.92. The molecule has 21 heavy (non-hydrogen) atoms. The van der Waals surface area contributed by atoms with E-state index in [2.05, 4.69) is 5.32 Å². The molecule has 3 nitrogen and oxygen atoms in total. The van der Waals surface area contributed by atoms with Crippen LogP contribution in [0.4, 0.5) is 0 Å². The highest BCUT2D eigenvalue weighted by Crippen LogP contribution is 2.29. The van der Waals surface area contributed by atoms with Crippen LogP contribution in [0, 0.1) is 13.8 Å². The topological polar surface area (TPSA) is 46.2 Å². The molecule has 1 aromatic carbocycles. The Balaban J connectivity index is 2.41. The quantitative estimate of drug-likeness (QED) is 0.931. The van der Waals surface area contributed by atoms with Gasteiger partial charge in [-0.15, -0.1) is 0 Å². The molecule has 1 saturated carbocycles. The number of benzene rings is 1. The number of sulfone groups is 1. The molecule has 0 heterocycles. The lowest BCUT2D eigenvalue weighted by molar-refractivity contribution is 0.405. The number of rotatable bonds is 3. The van der Waals surface area contributed by atoms with Gasteiger partial charge in [0.1, 0.15) is 0 Å². The van der Waals surface area contributed by atoms with E-state index in [0.717, 1.165) is 43.2 Å². The second kappa shape index (κ2) is 6.93. The van der Waals surface area contributed by atoms with E-state index in [1.165, 1.54) is 6.42 Å². The van der Waals surface area contributed by atoms with E-state index < -0.39 is 9.84 Å². The molecular weight excluding hydrogens is 282 g/mol. The summed E-state index contributed by atoms with van der Waals surface area (Å²) >= 11 is 0. The molecule has 0 bridgehead atoms. The molecule has 1 aliphatic carbocycles. The maximum Gasteiger partial charge on any atom is 0.183 e. The van der Waals surface area contributed by atoms with Crippen LogP contribution in [0.15, 0.2) is 23.1 Å². The maximum atomic E-state index is 13.2. The highest BCUT2D eigenvalue weighted by Gasteiger charge is 2.34. The number of nitrogens with one attached hydrogen (secondary N) is 1. The molecule has 4 heteroatoms. The smallest absolute Gasteiger partial charge is 0.183 e. The van der Waals surface area contributed by atoms with E-state index in [0.29, 0.717) is 4.90 Å². The number of aryl methyl sites for hydroxylation is 2. The van der Waals surface area contributed by atoms with Gasteiger partial charge in [0.15, 0.2) is 9.84 Å². The lowest BCUT2D eigenvalue weighted by atomic mass is 9.96. The molecule has 1 N–H and O–H groups in total. The molecule has 0 amide bonds. The lowest BCUT2D eigenvalue weighted by Crippen LogP contribution is -2.43. The van der Waals surface area contributed by atoms with Crippen LogP contribution in [-0.4, -0.2) is 26.8 Å². The first-order valence-corrected chi connectivity index (χ1v) is 9.50. The van der Waals surface area contributed by atoms with Crippen molar-refractivity contribution in [3.05, 3.63) is 29.3 Å². The van der Waals surface area contributed by atoms with Crippen LogP contribution in [0.2, 0.25) is 0 Å². The zero-order valence-electron chi connectivity index (χ0n) is 13.4. The van der Waals surface area contributed by atoms with Crippen LogP contribution >= 0.6 is 0 Å². The van der Waals surface area contributed by atoms with E-state index in [1.807, 2.05) is 39.1 Å². The molecule has 0 spiro atoms. The van der Waals surface area contributed by atoms with Gasteiger partial charge in [0, 0.05) is 6.04 Å². The lowest BCUT2D eigenvalue weighted by Gasteiger charge is -2.29. The molecule has 2 rings (SSSR count). The monoisotopic (exact) mass is 309 g/mol. The van der Waals surface area contributed by atoms with E-state index >= 15 is 0 Å². The van der Waals surface area contributed by atoms with Crippen LogP contribution in [0.25, 0.3) is 0 Å². The van der Waals surface area contributed by atoms with Crippen molar-refractivity contribution < 1.29 is 8.42 Å². The van der Waals surface area contributed by atoms with Gasteiger partial charge in [0.05, 0.1) is 10.1 Å². The third kappa shape index (κ3) is 3.67. The fourth-order valence-electron chi connectivity index (χ4n) is 3.33. The van der Waals surface area contributed by atoms with Crippen molar-refractivity contribution in [2.45, 2.75) is 68.6 Å². The second-order valence-corrected chi connectivity index (χ2v) is 8.37. The summed E-state index contributed by atoms with van der Waals surface area (Å²) in [6.45, 7) is 3.84. The SMILES string of the molecule is CNC1CCCCCCC1S(=O)(=O)c1cc(C)ccc1C. The summed E-state index contributed by atoms with van der Waals surface area (Å²) in [6, 6.07) is 5.78. The molecule has 118 valence electrons. The Hall–Kier alpha value is -0.870. The highest BCUT2D eigenvalue weighted by atomic mass is 32.2. The molecule has 2 atom stereocenters. The molecule has 1 fully saturated rings. The summed E-state index contributed by atoms with van der Waals surface area (Å²) in [5.74, 6) is 0. The molecule has 1 aliphatic rings. The van der Waals surface area contributed by atoms with Gasteiger partial charge >= 0.3 is 0 Å². The molecule has 0 aromatic heterocycles. The van der Waals surface area contributed by atoms with Gasteiger partial charge in [-0.1, -0.05) is 37.8 Å². The Kier molecular flexibility index (Phi) is 5.44. The Labute approximate surface area is 129 Å².